The minimum Gasteiger partial charge on any atom is -0.465 e. The van der Waals surface area contributed by atoms with E-state index in [-0.39, 0.29) is 19.2 Å². The summed E-state index contributed by atoms with van der Waals surface area (Å²) in [6.07, 6.45) is 2.04. The number of likely N-dealkylation sites (tertiary alicyclic amines) is 1. The Hall–Kier alpha value is -1.22. The van der Waals surface area contributed by atoms with E-state index in [4.69, 9.17) is 18.9 Å². The molecule has 0 bridgehead atoms. The normalized spacial score (nSPS) is 21.7. The zero-order chi connectivity index (χ0) is 18.1. The molecule has 0 aromatic heterocycles. The summed E-state index contributed by atoms with van der Waals surface area (Å²) in [4.78, 5) is 29.6. The van der Waals surface area contributed by atoms with Gasteiger partial charge in [-0.05, 0) is 32.9 Å². The molecule has 2 rings (SSSR count). The van der Waals surface area contributed by atoms with Crippen molar-refractivity contribution >= 4 is 11.9 Å². The monoisotopic (exact) mass is 358 g/mol. The fourth-order valence-corrected chi connectivity index (χ4v) is 3.37. The number of rotatable bonds is 9. The molecule has 2 heterocycles. The van der Waals surface area contributed by atoms with Gasteiger partial charge in [-0.1, -0.05) is 0 Å². The molecule has 2 aliphatic heterocycles. The molecule has 8 heteroatoms. The maximum Gasteiger partial charge on any atom is 0.325 e. The number of esters is 2. The number of hydrogen-bond acceptors (Lipinski definition) is 8. The smallest absolute Gasteiger partial charge is 0.325 e. The van der Waals surface area contributed by atoms with E-state index in [9.17, 15) is 9.59 Å². The number of morpholine rings is 1. The van der Waals surface area contributed by atoms with Crippen LogP contribution in [0, 0.1) is 0 Å². The largest absolute Gasteiger partial charge is 0.465 e. The number of ether oxygens (including phenoxy) is 4. The summed E-state index contributed by atoms with van der Waals surface area (Å²) in [5.41, 5.74) is 0. The van der Waals surface area contributed by atoms with E-state index < -0.39 is 18.1 Å². The first-order chi connectivity index (χ1) is 12.2. The van der Waals surface area contributed by atoms with Crippen LogP contribution in [0.25, 0.3) is 0 Å². The maximum absolute atomic E-state index is 12.8. The molecule has 2 saturated heterocycles. The highest BCUT2D eigenvalue weighted by Crippen LogP contribution is 2.21. The lowest BCUT2D eigenvalue weighted by atomic mass is 10.0. The minimum absolute atomic E-state index is 0.172. The molecular weight excluding hydrogens is 328 g/mol. The average Bonchev–Trinajstić information content (AvgIpc) is 3.14. The van der Waals surface area contributed by atoms with Crippen LogP contribution in [0.15, 0.2) is 0 Å². The SMILES string of the molecule is CCOC(=O)C(C(C(=O)OCCOC)N1CCOCC1)N1CCCC1. The number of methoxy groups -OCH3 is 1. The Morgan fingerprint density at radius 2 is 1.48 bits per heavy atom. The first kappa shape index (κ1) is 20.1. The third-order valence-electron chi connectivity index (χ3n) is 4.57. The van der Waals surface area contributed by atoms with Crippen LogP contribution in [0.3, 0.4) is 0 Å². The van der Waals surface area contributed by atoms with E-state index in [1.54, 1.807) is 14.0 Å². The molecule has 0 aromatic carbocycles. The second kappa shape index (κ2) is 10.7. The van der Waals surface area contributed by atoms with Crippen LogP contribution < -0.4 is 0 Å². The zero-order valence-corrected chi connectivity index (χ0v) is 15.3. The van der Waals surface area contributed by atoms with Gasteiger partial charge in [0.1, 0.15) is 18.7 Å². The van der Waals surface area contributed by atoms with Gasteiger partial charge in [0.25, 0.3) is 0 Å². The van der Waals surface area contributed by atoms with Gasteiger partial charge in [-0.15, -0.1) is 0 Å². The summed E-state index contributed by atoms with van der Waals surface area (Å²) in [6.45, 7) is 6.40. The molecule has 0 aromatic rings. The fourth-order valence-electron chi connectivity index (χ4n) is 3.37. The van der Waals surface area contributed by atoms with Gasteiger partial charge in [-0.2, -0.15) is 0 Å². The molecule has 2 unspecified atom stereocenters. The van der Waals surface area contributed by atoms with Gasteiger partial charge >= 0.3 is 11.9 Å². The summed E-state index contributed by atoms with van der Waals surface area (Å²) < 4.78 is 21.0. The third-order valence-corrected chi connectivity index (χ3v) is 4.57. The highest BCUT2D eigenvalue weighted by molar-refractivity contribution is 5.87. The van der Waals surface area contributed by atoms with E-state index in [1.165, 1.54) is 0 Å². The predicted octanol–water partition coefficient (Wildman–Crippen LogP) is -0.0957. The number of hydrogen-bond donors (Lipinski definition) is 0. The van der Waals surface area contributed by atoms with Crippen LogP contribution in [-0.2, 0) is 28.5 Å². The second-order valence-electron chi connectivity index (χ2n) is 6.19. The van der Waals surface area contributed by atoms with Crippen molar-refractivity contribution < 1.29 is 28.5 Å². The molecule has 2 fully saturated rings. The van der Waals surface area contributed by atoms with Crippen LogP contribution in [0.5, 0.6) is 0 Å². The first-order valence-electron chi connectivity index (χ1n) is 9.07. The van der Waals surface area contributed by atoms with Gasteiger partial charge in [-0.3, -0.25) is 19.4 Å². The van der Waals surface area contributed by atoms with Crippen molar-refractivity contribution in [2.45, 2.75) is 31.8 Å². The molecule has 0 spiro atoms. The molecule has 0 aliphatic carbocycles. The summed E-state index contributed by atoms with van der Waals surface area (Å²) in [7, 11) is 1.55. The van der Waals surface area contributed by atoms with E-state index >= 15 is 0 Å². The van der Waals surface area contributed by atoms with Crippen molar-refractivity contribution in [3.8, 4) is 0 Å². The third kappa shape index (κ3) is 5.64. The van der Waals surface area contributed by atoms with Crippen molar-refractivity contribution in [1.29, 1.82) is 0 Å². The molecule has 0 N–H and O–H groups in total. The molecule has 0 saturated carbocycles. The van der Waals surface area contributed by atoms with Gasteiger partial charge < -0.3 is 18.9 Å². The van der Waals surface area contributed by atoms with E-state index in [0.717, 1.165) is 25.9 Å². The van der Waals surface area contributed by atoms with Crippen molar-refractivity contribution in [2.24, 2.45) is 0 Å². The zero-order valence-electron chi connectivity index (χ0n) is 15.3. The van der Waals surface area contributed by atoms with Crippen molar-refractivity contribution in [3.63, 3.8) is 0 Å². The Kier molecular flexibility index (Phi) is 8.60. The lowest BCUT2D eigenvalue weighted by Crippen LogP contribution is -2.61. The molecule has 2 atom stereocenters. The highest BCUT2D eigenvalue weighted by atomic mass is 16.6. The van der Waals surface area contributed by atoms with Gasteiger partial charge in [0.2, 0.25) is 0 Å². The summed E-state index contributed by atoms with van der Waals surface area (Å²) in [5, 5.41) is 0. The van der Waals surface area contributed by atoms with Crippen molar-refractivity contribution in [2.75, 3.05) is 66.3 Å². The lowest BCUT2D eigenvalue weighted by molar-refractivity contribution is -0.166. The molecule has 8 nitrogen and oxygen atoms in total. The molecule has 144 valence electrons. The first-order valence-corrected chi connectivity index (χ1v) is 9.07. The predicted molar refractivity (Wildman–Crippen MR) is 90.2 cm³/mol. The van der Waals surface area contributed by atoms with Crippen LogP contribution in [0.1, 0.15) is 19.8 Å². The van der Waals surface area contributed by atoms with E-state index in [0.29, 0.717) is 32.9 Å². The van der Waals surface area contributed by atoms with Crippen LogP contribution >= 0.6 is 0 Å². The lowest BCUT2D eigenvalue weighted by Gasteiger charge is -2.39. The standard InChI is InChI=1S/C17H30N2O6/c1-3-24-16(20)14(18-6-4-5-7-18)15(17(21)25-13-12-22-2)19-8-10-23-11-9-19/h14-15H,3-13H2,1-2H3. The number of nitrogens with zero attached hydrogens (tertiary/aromatic N) is 2. The van der Waals surface area contributed by atoms with E-state index in [1.807, 2.05) is 4.90 Å². The van der Waals surface area contributed by atoms with Gasteiger partial charge in [0, 0.05) is 20.2 Å². The molecule has 0 amide bonds. The Balaban J connectivity index is 2.20. The van der Waals surface area contributed by atoms with Crippen LogP contribution in [0.2, 0.25) is 0 Å². The quantitative estimate of drug-likeness (QED) is 0.418. The molecule has 0 radical (unpaired) electrons. The van der Waals surface area contributed by atoms with Crippen molar-refractivity contribution in [1.82, 2.24) is 9.80 Å². The Morgan fingerprint density at radius 3 is 2.04 bits per heavy atom. The highest BCUT2D eigenvalue weighted by Gasteiger charge is 2.44. The van der Waals surface area contributed by atoms with Crippen molar-refractivity contribution in [3.05, 3.63) is 0 Å². The van der Waals surface area contributed by atoms with Crippen LogP contribution in [0.4, 0.5) is 0 Å². The van der Waals surface area contributed by atoms with E-state index in [2.05, 4.69) is 4.90 Å². The summed E-state index contributed by atoms with van der Waals surface area (Å²) in [5.74, 6) is -0.756. The summed E-state index contributed by atoms with van der Waals surface area (Å²) in [6, 6.07) is -1.33. The number of carbonyl (C=O) groups excluding carboxylic acids is 2. The Morgan fingerprint density at radius 1 is 0.920 bits per heavy atom. The minimum atomic E-state index is -0.682. The Bertz CT molecular complexity index is 421. The maximum atomic E-state index is 12.8. The molecular formula is C17H30N2O6. The summed E-state index contributed by atoms with van der Waals surface area (Å²) >= 11 is 0. The van der Waals surface area contributed by atoms with Gasteiger partial charge in [0.15, 0.2) is 0 Å². The van der Waals surface area contributed by atoms with Gasteiger partial charge in [-0.25, -0.2) is 0 Å². The fraction of sp³-hybridized carbons (Fsp3) is 0.882. The molecule has 25 heavy (non-hydrogen) atoms. The second-order valence-corrected chi connectivity index (χ2v) is 6.19. The topological polar surface area (TPSA) is 77.5 Å². The Labute approximate surface area is 149 Å². The molecule has 2 aliphatic rings. The van der Waals surface area contributed by atoms with Gasteiger partial charge in [0.05, 0.1) is 26.4 Å². The number of carbonyl (C=O) groups is 2. The van der Waals surface area contributed by atoms with Crippen LogP contribution in [-0.4, -0.2) is 100 Å². The average molecular weight is 358 g/mol.